The molecule has 122 valence electrons. The first kappa shape index (κ1) is 17.6. The van der Waals surface area contributed by atoms with Gasteiger partial charge < -0.3 is 21.9 Å². The van der Waals surface area contributed by atoms with Gasteiger partial charge in [0.15, 0.2) is 0 Å². The Bertz CT molecular complexity index is 572. The zero-order valence-corrected chi connectivity index (χ0v) is 12.2. The zero-order chi connectivity index (χ0) is 16.5. The maximum Gasteiger partial charge on any atom is 0.349 e. The lowest BCUT2D eigenvalue weighted by atomic mass is 10.1. The third kappa shape index (κ3) is 5.92. The van der Waals surface area contributed by atoms with Crippen LogP contribution >= 0.6 is 0 Å². The average Bonchev–Trinajstić information content (AvgIpc) is 2.45. The number of hydrogen-bond donors (Lipinski definition) is 4. The standard InChI is InChI=1S/C13H21N5O4/c14-6-2-1-3-9(12(20)21)16-11(19)5-8-18-7-4-10(15)17-13(18)22/h4,7,9H,1-3,5-6,8,14H2,(H,16,19)(H,20,21)(H2,15,17,22)/t9-/m0/s1. The molecule has 1 rings (SSSR count). The summed E-state index contributed by atoms with van der Waals surface area (Å²) in [5.41, 5.74) is 10.2. The second-order valence-corrected chi connectivity index (χ2v) is 4.82. The molecule has 1 amide bonds. The molecule has 0 spiro atoms. The minimum Gasteiger partial charge on any atom is -0.480 e. The molecule has 1 atom stereocenters. The second-order valence-electron chi connectivity index (χ2n) is 4.82. The first-order valence-corrected chi connectivity index (χ1v) is 6.99. The van der Waals surface area contributed by atoms with Crippen molar-refractivity contribution in [1.29, 1.82) is 0 Å². The van der Waals surface area contributed by atoms with Gasteiger partial charge >= 0.3 is 11.7 Å². The van der Waals surface area contributed by atoms with Gasteiger partial charge in [0, 0.05) is 19.2 Å². The van der Waals surface area contributed by atoms with Crippen molar-refractivity contribution in [3.8, 4) is 0 Å². The molecule has 0 bridgehead atoms. The summed E-state index contributed by atoms with van der Waals surface area (Å²) >= 11 is 0. The number of unbranched alkanes of at least 4 members (excludes halogenated alkanes) is 1. The number of nitrogen functional groups attached to an aromatic ring is 1. The van der Waals surface area contributed by atoms with E-state index < -0.39 is 23.6 Å². The van der Waals surface area contributed by atoms with Gasteiger partial charge in [-0.1, -0.05) is 0 Å². The van der Waals surface area contributed by atoms with Crippen LogP contribution in [0.1, 0.15) is 25.7 Å². The van der Waals surface area contributed by atoms with Gasteiger partial charge in [0.2, 0.25) is 5.91 Å². The highest BCUT2D eigenvalue weighted by Gasteiger charge is 2.19. The number of nitrogens with zero attached hydrogens (tertiary/aromatic N) is 2. The summed E-state index contributed by atoms with van der Waals surface area (Å²) in [5.74, 6) is -1.42. The van der Waals surface area contributed by atoms with Gasteiger partial charge in [0.1, 0.15) is 11.9 Å². The number of anilines is 1. The molecule has 1 aromatic heterocycles. The summed E-state index contributed by atoms with van der Waals surface area (Å²) in [6.45, 7) is 0.584. The molecule has 0 aromatic carbocycles. The third-order valence-electron chi connectivity index (χ3n) is 3.06. The number of carboxylic acids is 1. The number of rotatable bonds is 9. The lowest BCUT2D eigenvalue weighted by Crippen LogP contribution is -2.41. The first-order valence-electron chi connectivity index (χ1n) is 6.99. The van der Waals surface area contributed by atoms with E-state index in [2.05, 4.69) is 10.3 Å². The Morgan fingerprint density at radius 3 is 2.73 bits per heavy atom. The zero-order valence-electron chi connectivity index (χ0n) is 12.2. The van der Waals surface area contributed by atoms with Crippen molar-refractivity contribution in [3.63, 3.8) is 0 Å². The van der Waals surface area contributed by atoms with Crippen molar-refractivity contribution in [3.05, 3.63) is 22.7 Å². The number of carboxylic acid groups (broad SMARTS) is 1. The molecule has 0 aliphatic heterocycles. The lowest BCUT2D eigenvalue weighted by Gasteiger charge is -2.14. The highest BCUT2D eigenvalue weighted by Crippen LogP contribution is 2.01. The third-order valence-corrected chi connectivity index (χ3v) is 3.06. The molecule has 0 radical (unpaired) electrons. The Morgan fingerprint density at radius 2 is 2.14 bits per heavy atom. The van der Waals surface area contributed by atoms with Crippen LogP contribution in [0.15, 0.2) is 17.1 Å². The van der Waals surface area contributed by atoms with E-state index in [0.29, 0.717) is 25.8 Å². The predicted octanol–water partition coefficient (Wildman–Crippen LogP) is -1.09. The smallest absolute Gasteiger partial charge is 0.349 e. The van der Waals surface area contributed by atoms with Crippen LogP contribution in [0.4, 0.5) is 5.82 Å². The summed E-state index contributed by atoms with van der Waals surface area (Å²) in [6, 6.07) is 0.506. The number of aryl methyl sites for hydroxylation is 1. The van der Waals surface area contributed by atoms with E-state index >= 15 is 0 Å². The minimum absolute atomic E-state index is 0.0217. The Morgan fingerprint density at radius 1 is 1.41 bits per heavy atom. The molecular formula is C13H21N5O4. The van der Waals surface area contributed by atoms with E-state index in [1.54, 1.807) is 0 Å². The fraction of sp³-hybridized carbons (Fsp3) is 0.538. The number of aliphatic carboxylic acids is 1. The fourth-order valence-corrected chi connectivity index (χ4v) is 1.85. The van der Waals surface area contributed by atoms with Crippen molar-refractivity contribution in [1.82, 2.24) is 14.9 Å². The van der Waals surface area contributed by atoms with Gasteiger partial charge in [-0.05, 0) is 31.9 Å². The molecule has 1 aromatic rings. The number of nitrogens with one attached hydrogen (secondary N) is 1. The topological polar surface area (TPSA) is 153 Å². The molecule has 1 heterocycles. The van der Waals surface area contributed by atoms with Crippen LogP contribution < -0.4 is 22.5 Å². The van der Waals surface area contributed by atoms with Crippen LogP contribution in [0, 0.1) is 0 Å². The van der Waals surface area contributed by atoms with Crippen LogP contribution in [-0.2, 0) is 16.1 Å². The van der Waals surface area contributed by atoms with Gasteiger partial charge in [-0.25, -0.2) is 9.59 Å². The SMILES string of the molecule is NCCCC[C@H](NC(=O)CCn1ccc(N)nc1=O)C(=O)O. The van der Waals surface area contributed by atoms with Crippen molar-refractivity contribution in [2.75, 3.05) is 12.3 Å². The Kier molecular flexibility index (Phi) is 7.03. The highest BCUT2D eigenvalue weighted by molar-refractivity contribution is 5.83. The van der Waals surface area contributed by atoms with Crippen LogP contribution in [0.2, 0.25) is 0 Å². The number of carbonyl (C=O) groups excluding carboxylic acids is 1. The summed E-state index contributed by atoms with van der Waals surface area (Å²) in [4.78, 5) is 37.9. The van der Waals surface area contributed by atoms with Gasteiger partial charge in [0.05, 0.1) is 0 Å². The van der Waals surface area contributed by atoms with E-state index in [1.807, 2.05) is 0 Å². The van der Waals surface area contributed by atoms with Crippen LogP contribution in [0.3, 0.4) is 0 Å². The maximum atomic E-state index is 11.8. The summed E-state index contributed by atoms with van der Waals surface area (Å²) in [6.07, 6.45) is 3.06. The molecule has 9 heteroatoms. The molecule has 0 unspecified atom stereocenters. The lowest BCUT2D eigenvalue weighted by molar-refractivity contribution is -0.142. The van der Waals surface area contributed by atoms with E-state index in [1.165, 1.54) is 16.8 Å². The molecule has 0 aliphatic rings. The van der Waals surface area contributed by atoms with Crippen LogP contribution in [-0.4, -0.2) is 39.1 Å². The number of amides is 1. The monoisotopic (exact) mass is 311 g/mol. The Balaban J connectivity index is 2.49. The van der Waals surface area contributed by atoms with Gasteiger partial charge in [-0.3, -0.25) is 9.36 Å². The molecule has 0 saturated carbocycles. The van der Waals surface area contributed by atoms with E-state index in [-0.39, 0.29) is 18.8 Å². The highest BCUT2D eigenvalue weighted by atomic mass is 16.4. The van der Waals surface area contributed by atoms with Crippen molar-refractivity contribution in [2.24, 2.45) is 5.73 Å². The molecule has 22 heavy (non-hydrogen) atoms. The van der Waals surface area contributed by atoms with Crippen molar-refractivity contribution in [2.45, 2.75) is 38.3 Å². The quantitative estimate of drug-likeness (QED) is 0.423. The minimum atomic E-state index is -1.09. The number of aromatic nitrogens is 2. The first-order chi connectivity index (χ1) is 10.4. The van der Waals surface area contributed by atoms with Gasteiger partial charge in [-0.2, -0.15) is 4.98 Å². The van der Waals surface area contributed by atoms with E-state index in [0.717, 1.165) is 0 Å². The van der Waals surface area contributed by atoms with Crippen molar-refractivity contribution < 1.29 is 14.7 Å². The molecule has 0 aliphatic carbocycles. The van der Waals surface area contributed by atoms with Gasteiger partial charge in [0.25, 0.3) is 0 Å². The normalized spacial score (nSPS) is 11.9. The van der Waals surface area contributed by atoms with E-state index in [9.17, 15) is 14.4 Å². The van der Waals surface area contributed by atoms with Crippen LogP contribution in [0.5, 0.6) is 0 Å². The molecule has 6 N–H and O–H groups in total. The summed E-state index contributed by atoms with van der Waals surface area (Å²) in [5, 5.41) is 11.5. The predicted molar refractivity (Wildman–Crippen MR) is 80.0 cm³/mol. The van der Waals surface area contributed by atoms with E-state index in [4.69, 9.17) is 16.6 Å². The largest absolute Gasteiger partial charge is 0.480 e. The average molecular weight is 311 g/mol. The maximum absolute atomic E-state index is 11.8. The molecular weight excluding hydrogens is 290 g/mol. The number of hydrogen-bond acceptors (Lipinski definition) is 6. The second kappa shape index (κ2) is 8.78. The molecule has 0 saturated heterocycles. The molecule has 0 fully saturated rings. The number of nitrogens with two attached hydrogens (primary N) is 2. The van der Waals surface area contributed by atoms with Gasteiger partial charge in [-0.15, -0.1) is 0 Å². The number of carbonyl (C=O) groups is 2. The summed E-state index contributed by atoms with van der Waals surface area (Å²) in [7, 11) is 0. The van der Waals surface area contributed by atoms with Crippen LogP contribution in [0.25, 0.3) is 0 Å². The Hall–Kier alpha value is -2.42. The summed E-state index contributed by atoms with van der Waals surface area (Å²) < 4.78 is 1.24. The van der Waals surface area contributed by atoms with Crippen molar-refractivity contribution >= 4 is 17.7 Å². The molecule has 9 nitrogen and oxygen atoms in total. The Labute approximate surface area is 127 Å². The fourth-order valence-electron chi connectivity index (χ4n) is 1.85.